The van der Waals surface area contributed by atoms with Gasteiger partial charge in [0.05, 0.1) is 28.4 Å². The number of imidazole rings is 1. The van der Waals surface area contributed by atoms with Crippen molar-refractivity contribution in [2.24, 2.45) is 7.05 Å². The topological polar surface area (TPSA) is 122 Å². The first-order valence-electron chi connectivity index (χ1n) is 10.6. The Morgan fingerprint density at radius 2 is 1.94 bits per heavy atom. The molecule has 0 aliphatic rings. The maximum absolute atomic E-state index is 8.36. The fourth-order valence-electron chi connectivity index (χ4n) is 3.72. The van der Waals surface area contributed by atoms with Crippen LogP contribution in [0.15, 0.2) is 61.4 Å². The van der Waals surface area contributed by atoms with Crippen LogP contribution in [0.5, 0.6) is 0 Å². The molecule has 4 heterocycles. The van der Waals surface area contributed by atoms with Crippen molar-refractivity contribution in [3.63, 3.8) is 0 Å². The summed E-state index contributed by atoms with van der Waals surface area (Å²) in [7, 11) is 3.89. The van der Waals surface area contributed by atoms with Gasteiger partial charge < -0.3 is 19.9 Å². The van der Waals surface area contributed by atoms with Gasteiger partial charge in [-0.2, -0.15) is 0 Å². The van der Waals surface area contributed by atoms with E-state index in [2.05, 4.69) is 38.2 Å². The zero-order chi connectivity index (χ0) is 24.9. The third kappa shape index (κ3) is 4.97. The Hall–Kier alpha value is -4.31. The van der Waals surface area contributed by atoms with Crippen molar-refractivity contribution in [3.8, 4) is 0 Å². The lowest BCUT2D eigenvalue weighted by atomic mass is 10.1. The molecule has 0 saturated heterocycles. The molecule has 2 N–H and O–H groups in total. The molecule has 5 rings (SSSR count). The van der Waals surface area contributed by atoms with Gasteiger partial charge in [0.1, 0.15) is 17.7 Å². The molecule has 0 unspecified atom stereocenters. The first kappa shape index (κ1) is 23.8. The van der Waals surface area contributed by atoms with Gasteiger partial charge in [-0.05, 0) is 31.2 Å². The molecular weight excluding hydrogens is 468 g/mol. The molecule has 0 radical (unpaired) electrons. The number of carboxylic acid groups (broad SMARTS) is 1. The SMILES string of the molecule is C[C@H](Nc1ncnc2cccnc12)c1cc2cccc(Cl)c2nc1N(C)c1cn(C)cn1.O=CO. The van der Waals surface area contributed by atoms with Crippen molar-refractivity contribution in [1.82, 2.24) is 29.5 Å². The Balaban J connectivity index is 0.000000917. The molecule has 0 aliphatic heterocycles. The molecule has 0 amide bonds. The minimum Gasteiger partial charge on any atom is -0.483 e. The fourth-order valence-corrected chi connectivity index (χ4v) is 3.94. The van der Waals surface area contributed by atoms with E-state index in [0.717, 1.165) is 39.1 Å². The molecule has 0 spiro atoms. The van der Waals surface area contributed by atoms with Gasteiger partial charge in [0.2, 0.25) is 0 Å². The smallest absolute Gasteiger partial charge is 0.290 e. The standard InChI is InChI=1S/C23H21ClN8.CH2O2/c1-14(29-22-21-18(26-12-27-22)8-5-9-25-21)16-10-15-6-4-7-17(24)20(15)30-23(16)32(3)19-11-31(2)13-28-19;2-1-3/h4-14H,1-3H3,(H,26,27,29);1H,(H,2,3)/t14-;/m0./s1. The van der Waals surface area contributed by atoms with E-state index in [-0.39, 0.29) is 12.5 Å². The van der Waals surface area contributed by atoms with Crippen LogP contribution in [0.25, 0.3) is 21.9 Å². The van der Waals surface area contributed by atoms with Gasteiger partial charge in [0.25, 0.3) is 6.47 Å². The summed E-state index contributed by atoms with van der Waals surface area (Å²) in [5, 5.41) is 12.0. The Morgan fingerprint density at radius 1 is 1.14 bits per heavy atom. The third-order valence-electron chi connectivity index (χ3n) is 5.37. The first-order chi connectivity index (χ1) is 16.9. The van der Waals surface area contributed by atoms with Gasteiger partial charge in [0.15, 0.2) is 11.6 Å². The predicted molar refractivity (Wildman–Crippen MR) is 136 cm³/mol. The van der Waals surface area contributed by atoms with Gasteiger partial charge in [-0.1, -0.05) is 23.7 Å². The van der Waals surface area contributed by atoms with Crippen molar-refractivity contribution in [2.75, 3.05) is 17.3 Å². The molecule has 10 nitrogen and oxygen atoms in total. The highest BCUT2D eigenvalue weighted by atomic mass is 35.5. The predicted octanol–water partition coefficient (Wildman–Crippen LogP) is 4.60. The van der Waals surface area contributed by atoms with E-state index in [0.29, 0.717) is 10.8 Å². The molecule has 11 heteroatoms. The van der Waals surface area contributed by atoms with Crippen molar-refractivity contribution in [3.05, 3.63) is 72.0 Å². The van der Waals surface area contributed by atoms with E-state index in [1.165, 1.54) is 0 Å². The van der Waals surface area contributed by atoms with Gasteiger partial charge in [-0.15, -0.1) is 0 Å². The Morgan fingerprint density at radius 3 is 2.69 bits per heavy atom. The van der Waals surface area contributed by atoms with Crippen LogP contribution in [-0.4, -0.2) is 48.1 Å². The third-order valence-corrected chi connectivity index (χ3v) is 5.68. The maximum atomic E-state index is 8.36. The highest BCUT2D eigenvalue weighted by Gasteiger charge is 2.21. The summed E-state index contributed by atoms with van der Waals surface area (Å²) in [6.45, 7) is 1.82. The molecule has 0 saturated carbocycles. The zero-order valence-corrected chi connectivity index (χ0v) is 20.0. The van der Waals surface area contributed by atoms with Crippen LogP contribution < -0.4 is 10.2 Å². The first-order valence-corrected chi connectivity index (χ1v) is 11.0. The number of aryl methyl sites for hydroxylation is 1. The largest absolute Gasteiger partial charge is 0.483 e. The summed E-state index contributed by atoms with van der Waals surface area (Å²) < 4.78 is 1.90. The number of halogens is 1. The second-order valence-electron chi connectivity index (χ2n) is 7.73. The van der Waals surface area contributed by atoms with Gasteiger partial charge in [-0.3, -0.25) is 9.78 Å². The Labute approximate surface area is 206 Å². The number of benzene rings is 1. The molecule has 35 heavy (non-hydrogen) atoms. The summed E-state index contributed by atoms with van der Waals surface area (Å²) in [6.07, 6.45) is 6.99. The van der Waals surface area contributed by atoms with Crippen LogP contribution >= 0.6 is 11.6 Å². The molecule has 0 bridgehead atoms. The van der Waals surface area contributed by atoms with Crippen LogP contribution in [0.3, 0.4) is 0 Å². The second-order valence-corrected chi connectivity index (χ2v) is 8.14. The number of hydrogen-bond acceptors (Lipinski definition) is 8. The number of carbonyl (C=O) groups is 1. The van der Waals surface area contributed by atoms with Crippen LogP contribution in [0.2, 0.25) is 5.02 Å². The van der Waals surface area contributed by atoms with E-state index in [1.54, 1.807) is 18.9 Å². The van der Waals surface area contributed by atoms with Crippen molar-refractivity contribution >= 4 is 57.5 Å². The molecule has 0 aliphatic carbocycles. The van der Waals surface area contributed by atoms with Gasteiger partial charge >= 0.3 is 0 Å². The van der Waals surface area contributed by atoms with E-state index in [1.807, 2.05) is 60.1 Å². The maximum Gasteiger partial charge on any atom is 0.290 e. The molecule has 1 atom stereocenters. The molecular formula is C24H23ClN8O2. The van der Waals surface area contributed by atoms with E-state index in [9.17, 15) is 0 Å². The number of para-hydroxylation sites is 1. The summed E-state index contributed by atoms with van der Waals surface area (Å²) in [6, 6.07) is 11.5. The lowest BCUT2D eigenvalue weighted by Gasteiger charge is -2.24. The highest BCUT2D eigenvalue weighted by molar-refractivity contribution is 6.35. The number of aromatic nitrogens is 6. The average molecular weight is 491 g/mol. The Bertz CT molecular complexity index is 1480. The van der Waals surface area contributed by atoms with E-state index in [4.69, 9.17) is 26.5 Å². The Kier molecular flexibility index (Phi) is 7.02. The average Bonchev–Trinajstić information content (AvgIpc) is 3.30. The monoisotopic (exact) mass is 490 g/mol. The number of nitrogens with one attached hydrogen (secondary N) is 1. The summed E-state index contributed by atoms with van der Waals surface area (Å²) in [4.78, 5) is 32.9. The summed E-state index contributed by atoms with van der Waals surface area (Å²) >= 11 is 6.47. The zero-order valence-electron chi connectivity index (χ0n) is 19.3. The quantitative estimate of drug-likeness (QED) is 0.340. The fraction of sp³-hybridized carbons (Fsp3) is 0.167. The van der Waals surface area contributed by atoms with Gasteiger partial charge in [0, 0.05) is 37.4 Å². The van der Waals surface area contributed by atoms with Crippen molar-refractivity contribution < 1.29 is 9.90 Å². The van der Waals surface area contributed by atoms with Crippen LogP contribution in [-0.2, 0) is 11.8 Å². The molecule has 178 valence electrons. The second kappa shape index (κ2) is 10.3. The number of fused-ring (bicyclic) bond motifs is 2. The molecule has 0 fully saturated rings. The minimum atomic E-state index is -0.250. The summed E-state index contributed by atoms with van der Waals surface area (Å²) in [5.41, 5.74) is 3.23. The molecule has 5 aromatic rings. The number of rotatable bonds is 5. The number of anilines is 3. The lowest BCUT2D eigenvalue weighted by Crippen LogP contribution is -2.18. The molecule has 4 aromatic heterocycles. The van der Waals surface area contributed by atoms with Crippen molar-refractivity contribution in [2.45, 2.75) is 13.0 Å². The van der Waals surface area contributed by atoms with Gasteiger partial charge in [-0.25, -0.2) is 19.9 Å². The molecule has 1 aromatic carbocycles. The number of nitrogens with zero attached hydrogens (tertiary/aromatic N) is 7. The minimum absolute atomic E-state index is 0.132. The number of hydrogen-bond donors (Lipinski definition) is 2. The van der Waals surface area contributed by atoms with Crippen LogP contribution in [0.4, 0.5) is 17.5 Å². The lowest BCUT2D eigenvalue weighted by molar-refractivity contribution is -0.122. The van der Waals surface area contributed by atoms with Crippen molar-refractivity contribution in [1.29, 1.82) is 0 Å². The van der Waals surface area contributed by atoms with Crippen LogP contribution in [0.1, 0.15) is 18.5 Å². The highest BCUT2D eigenvalue weighted by Crippen LogP contribution is 2.35. The van der Waals surface area contributed by atoms with E-state index < -0.39 is 0 Å². The summed E-state index contributed by atoms with van der Waals surface area (Å²) in [5.74, 6) is 2.21. The normalized spacial score (nSPS) is 11.5. The van der Waals surface area contributed by atoms with Crippen LogP contribution in [0, 0.1) is 0 Å². The number of pyridine rings is 2. The van der Waals surface area contributed by atoms with E-state index >= 15 is 0 Å².